The van der Waals surface area contributed by atoms with Gasteiger partial charge in [-0.2, -0.15) is 21.6 Å². The Balaban J connectivity index is 4.32. The Morgan fingerprint density at radius 3 is 2.06 bits per heavy atom. The molecule has 0 aromatic rings. The van der Waals surface area contributed by atoms with Crippen molar-refractivity contribution in [3.8, 4) is 0 Å². The van der Waals surface area contributed by atoms with Crippen molar-refractivity contribution in [2.75, 3.05) is 19.8 Å². The lowest BCUT2D eigenvalue weighted by Gasteiger charge is -2.16. The van der Waals surface area contributed by atoms with Crippen LogP contribution >= 0.6 is 0 Å². The van der Waals surface area contributed by atoms with E-state index in [-0.39, 0.29) is 6.61 Å². The summed E-state index contributed by atoms with van der Waals surface area (Å²) >= 11 is 0. The van der Waals surface area contributed by atoms with Crippen LogP contribution in [0.4, 0.5) is 22.0 Å². The van der Waals surface area contributed by atoms with E-state index >= 15 is 0 Å². The minimum atomic E-state index is -6.02. The Bertz CT molecular complexity index is 348. The minimum absolute atomic E-state index is 0.248. The topological polar surface area (TPSA) is 52.6 Å². The summed E-state index contributed by atoms with van der Waals surface area (Å²) in [7, 11) is -6.02. The summed E-state index contributed by atoms with van der Waals surface area (Å²) in [6.45, 7) is -0.306. The Labute approximate surface area is 94.1 Å². The predicted octanol–water partition coefficient (Wildman–Crippen LogP) is 1.69. The second kappa shape index (κ2) is 5.74. The number of ether oxygens (including phenoxy) is 1. The Kier molecular flexibility index (Phi) is 5.49. The first-order chi connectivity index (χ1) is 7.52. The maximum atomic E-state index is 12.7. The molecule has 0 saturated carbocycles. The van der Waals surface area contributed by atoms with E-state index in [2.05, 4.69) is 15.5 Å². The van der Waals surface area contributed by atoms with Crippen molar-refractivity contribution in [1.29, 1.82) is 0 Å². The molecule has 0 aromatic heterocycles. The van der Waals surface area contributed by atoms with E-state index in [1.807, 2.05) is 0 Å². The van der Waals surface area contributed by atoms with Gasteiger partial charge in [0.1, 0.15) is 13.2 Å². The summed E-state index contributed by atoms with van der Waals surface area (Å²) in [5.74, 6) is -3.85. The fourth-order valence-electron chi connectivity index (χ4n) is 0.564. The van der Waals surface area contributed by atoms with Crippen molar-refractivity contribution >= 4 is 10.1 Å². The summed E-state index contributed by atoms with van der Waals surface area (Å²) < 4.78 is 88.7. The molecular weight excluding hydrogens is 275 g/mol. The summed E-state index contributed by atoms with van der Waals surface area (Å²) in [5.41, 5.74) is -5.73. The van der Waals surface area contributed by atoms with Gasteiger partial charge in [0.05, 0.1) is 6.61 Å². The second-order valence-corrected chi connectivity index (χ2v) is 4.43. The normalized spacial score (nSPS) is 13.7. The van der Waals surface area contributed by atoms with Crippen LogP contribution in [0, 0.1) is 0 Å². The zero-order chi connectivity index (χ0) is 13.7. The van der Waals surface area contributed by atoms with Crippen LogP contribution in [-0.4, -0.2) is 39.7 Å². The van der Waals surface area contributed by atoms with Crippen molar-refractivity contribution in [3.63, 3.8) is 0 Å². The molecule has 0 amide bonds. The maximum Gasteiger partial charge on any atom is 0.523 e. The van der Waals surface area contributed by atoms with Crippen LogP contribution in [0.5, 0.6) is 0 Å². The van der Waals surface area contributed by atoms with E-state index < -0.39 is 34.8 Å². The van der Waals surface area contributed by atoms with E-state index in [0.717, 1.165) is 6.08 Å². The molecule has 102 valence electrons. The van der Waals surface area contributed by atoms with Crippen molar-refractivity contribution in [1.82, 2.24) is 0 Å². The monoisotopic (exact) mass is 284 g/mol. The highest BCUT2D eigenvalue weighted by Crippen LogP contribution is 2.26. The molecule has 0 unspecified atom stereocenters. The molecule has 0 aliphatic heterocycles. The molecule has 0 spiro atoms. The summed E-state index contributed by atoms with van der Waals surface area (Å²) in [6, 6.07) is 0. The Hall–Kier alpha value is -0.740. The Morgan fingerprint density at radius 2 is 1.65 bits per heavy atom. The highest BCUT2D eigenvalue weighted by Gasteiger charge is 2.49. The molecular formula is C7H9F5O4S. The highest BCUT2D eigenvalue weighted by molar-refractivity contribution is 7.87. The van der Waals surface area contributed by atoms with Crippen molar-refractivity contribution < 1.29 is 39.3 Å². The lowest BCUT2D eigenvalue weighted by molar-refractivity contribution is -0.104. The van der Waals surface area contributed by atoms with E-state index in [1.54, 1.807) is 0 Å². The van der Waals surface area contributed by atoms with Gasteiger partial charge in [-0.05, 0) is 0 Å². The SMILES string of the molecule is C=CCOCC(F)(F)COS(=O)(=O)C(F)(F)F. The zero-order valence-electron chi connectivity index (χ0n) is 8.34. The van der Waals surface area contributed by atoms with Crippen molar-refractivity contribution in [2.45, 2.75) is 11.4 Å². The summed E-state index contributed by atoms with van der Waals surface area (Å²) in [5, 5.41) is 0. The third-order valence-electron chi connectivity index (χ3n) is 1.26. The average Bonchev–Trinajstić information content (AvgIpc) is 2.14. The van der Waals surface area contributed by atoms with Gasteiger partial charge in [-0.1, -0.05) is 6.08 Å². The molecule has 0 saturated heterocycles. The van der Waals surface area contributed by atoms with Crippen molar-refractivity contribution in [3.05, 3.63) is 12.7 Å². The molecule has 0 radical (unpaired) electrons. The molecule has 0 N–H and O–H groups in total. The molecule has 0 heterocycles. The smallest absolute Gasteiger partial charge is 0.371 e. The first kappa shape index (κ1) is 16.3. The summed E-state index contributed by atoms with van der Waals surface area (Å²) in [4.78, 5) is 0. The largest absolute Gasteiger partial charge is 0.523 e. The molecule has 0 aliphatic rings. The van der Waals surface area contributed by atoms with Gasteiger partial charge in [0.2, 0.25) is 0 Å². The first-order valence-corrected chi connectivity index (χ1v) is 5.45. The van der Waals surface area contributed by atoms with Crippen LogP contribution in [0.2, 0.25) is 0 Å². The molecule has 0 aromatic carbocycles. The van der Waals surface area contributed by atoms with Crippen LogP contribution < -0.4 is 0 Å². The lowest BCUT2D eigenvalue weighted by atomic mass is 10.4. The molecule has 10 heteroatoms. The van der Waals surface area contributed by atoms with Crippen LogP contribution in [0.1, 0.15) is 0 Å². The first-order valence-electron chi connectivity index (χ1n) is 4.04. The van der Waals surface area contributed by atoms with E-state index in [4.69, 9.17) is 0 Å². The number of hydrogen-bond acceptors (Lipinski definition) is 4. The van der Waals surface area contributed by atoms with E-state index in [1.165, 1.54) is 0 Å². The van der Waals surface area contributed by atoms with Gasteiger partial charge in [-0.15, -0.1) is 6.58 Å². The third kappa shape index (κ3) is 5.94. The lowest BCUT2D eigenvalue weighted by Crippen LogP contribution is -2.35. The van der Waals surface area contributed by atoms with E-state index in [9.17, 15) is 30.4 Å². The fraction of sp³-hybridized carbons (Fsp3) is 0.714. The van der Waals surface area contributed by atoms with E-state index in [0.29, 0.717) is 0 Å². The van der Waals surface area contributed by atoms with Crippen LogP contribution in [0.15, 0.2) is 12.7 Å². The van der Waals surface area contributed by atoms with Gasteiger partial charge in [-0.3, -0.25) is 4.18 Å². The van der Waals surface area contributed by atoms with Gasteiger partial charge in [0.25, 0.3) is 5.92 Å². The standard InChI is InChI=1S/C7H9F5O4S/c1-2-3-15-4-6(8,9)5-16-17(13,14)7(10,11)12/h2H,1,3-5H2. The van der Waals surface area contributed by atoms with Crippen LogP contribution in [0.3, 0.4) is 0 Å². The Morgan fingerprint density at radius 1 is 1.12 bits per heavy atom. The van der Waals surface area contributed by atoms with Crippen LogP contribution in [0.25, 0.3) is 0 Å². The van der Waals surface area contributed by atoms with Gasteiger partial charge in [0, 0.05) is 0 Å². The minimum Gasteiger partial charge on any atom is -0.371 e. The third-order valence-corrected chi connectivity index (χ3v) is 2.25. The average molecular weight is 284 g/mol. The van der Waals surface area contributed by atoms with Crippen LogP contribution in [-0.2, 0) is 19.0 Å². The quantitative estimate of drug-likeness (QED) is 0.235. The molecule has 4 nitrogen and oxygen atoms in total. The molecule has 17 heavy (non-hydrogen) atoms. The maximum absolute atomic E-state index is 12.7. The number of alkyl halides is 5. The molecule has 0 aliphatic carbocycles. The number of hydrogen-bond donors (Lipinski definition) is 0. The van der Waals surface area contributed by atoms with Gasteiger partial charge in [-0.25, -0.2) is 8.78 Å². The number of rotatable bonds is 7. The number of halogens is 5. The second-order valence-electron chi connectivity index (χ2n) is 2.82. The van der Waals surface area contributed by atoms with Crippen molar-refractivity contribution in [2.24, 2.45) is 0 Å². The molecule has 0 bridgehead atoms. The van der Waals surface area contributed by atoms with Gasteiger partial charge in [0.15, 0.2) is 0 Å². The molecule has 0 rings (SSSR count). The van der Waals surface area contributed by atoms with Gasteiger partial charge < -0.3 is 4.74 Å². The fourth-order valence-corrected chi connectivity index (χ4v) is 1.03. The van der Waals surface area contributed by atoms with Gasteiger partial charge >= 0.3 is 15.6 Å². The molecule has 0 atom stereocenters. The zero-order valence-corrected chi connectivity index (χ0v) is 9.15. The predicted molar refractivity (Wildman–Crippen MR) is 46.9 cm³/mol. The molecule has 0 fully saturated rings. The highest BCUT2D eigenvalue weighted by atomic mass is 32.2. The summed E-state index contributed by atoms with van der Waals surface area (Å²) in [6.07, 6.45) is 1.14.